The number of carbonyl (C=O) groups excluding carboxylic acids is 1. The topological polar surface area (TPSA) is 73.8 Å². The van der Waals surface area contributed by atoms with Gasteiger partial charge >= 0.3 is 5.97 Å². The Balaban J connectivity index is 1.55. The molecule has 9 heteroatoms. The monoisotopic (exact) mass is 642 g/mol. The highest BCUT2D eigenvalue weighted by molar-refractivity contribution is 9.10. The summed E-state index contributed by atoms with van der Waals surface area (Å²) in [6.07, 6.45) is 1.67. The van der Waals surface area contributed by atoms with E-state index >= 15 is 0 Å². The van der Waals surface area contributed by atoms with E-state index in [4.69, 9.17) is 14.1 Å². The van der Waals surface area contributed by atoms with Crippen molar-refractivity contribution >= 4 is 45.0 Å². The normalized spacial score (nSPS) is 15.0. The van der Waals surface area contributed by atoms with Crippen molar-refractivity contribution in [3.63, 3.8) is 0 Å². The molecule has 6 rings (SSSR count). The fraction of sp³-hybridized carbons (Fsp3) is 0.121. The number of rotatable bonds is 6. The number of thiazole rings is 1. The predicted molar refractivity (Wildman–Crippen MR) is 164 cm³/mol. The lowest BCUT2D eigenvalue weighted by molar-refractivity contribution is -0.138. The Bertz CT molecular complexity index is 2020. The van der Waals surface area contributed by atoms with Crippen molar-refractivity contribution in [2.75, 3.05) is 6.61 Å². The molecule has 3 aromatic carbocycles. The Hall–Kier alpha value is -4.34. The Kier molecular flexibility index (Phi) is 7.62. The van der Waals surface area contributed by atoms with E-state index in [0.717, 1.165) is 15.6 Å². The van der Waals surface area contributed by atoms with Crippen molar-refractivity contribution in [1.82, 2.24) is 4.57 Å². The zero-order valence-electron chi connectivity index (χ0n) is 22.6. The van der Waals surface area contributed by atoms with Gasteiger partial charge in [0.15, 0.2) is 4.80 Å². The first-order valence-electron chi connectivity index (χ1n) is 13.2. The third kappa shape index (κ3) is 5.21. The minimum atomic E-state index is -0.881. The van der Waals surface area contributed by atoms with Crippen LogP contribution in [0.4, 0.5) is 4.39 Å². The molecule has 0 amide bonds. The quantitative estimate of drug-likeness (QED) is 0.201. The van der Waals surface area contributed by atoms with Crippen LogP contribution in [0.3, 0.4) is 0 Å². The maximum absolute atomic E-state index is 14.0. The molecule has 0 N–H and O–H groups in total. The number of furan rings is 1. The number of hydrogen-bond acceptors (Lipinski definition) is 6. The average molecular weight is 644 g/mol. The molecule has 1 aliphatic rings. The Morgan fingerprint density at radius 1 is 1.10 bits per heavy atom. The third-order valence-corrected chi connectivity index (χ3v) is 8.49. The van der Waals surface area contributed by atoms with Gasteiger partial charge in [-0.25, -0.2) is 14.2 Å². The van der Waals surface area contributed by atoms with E-state index in [-0.39, 0.29) is 17.7 Å². The number of aryl methyl sites for hydroxylation is 1. The lowest BCUT2D eigenvalue weighted by Gasteiger charge is -2.25. The predicted octanol–water partition coefficient (Wildman–Crippen LogP) is 6.41. The molecule has 0 radical (unpaired) electrons. The van der Waals surface area contributed by atoms with Gasteiger partial charge in [0.2, 0.25) is 0 Å². The minimum Gasteiger partial charge on any atom is -0.463 e. The summed E-state index contributed by atoms with van der Waals surface area (Å²) in [7, 11) is 0. The number of benzene rings is 3. The summed E-state index contributed by atoms with van der Waals surface area (Å²) in [6, 6.07) is 23.8. The van der Waals surface area contributed by atoms with Crippen LogP contribution in [0.2, 0.25) is 0 Å². The minimum absolute atomic E-state index is 0.142. The molecule has 1 unspecified atom stereocenters. The fourth-order valence-corrected chi connectivity index (χ4v) is 6.59. The van der Waals surface area contributed by atoms with E-state index in [2.05, 4.69) is 15.9 Å². The maximum Gasteiger partial charge on any atom is 0.338 e. The molecule has 0 bridgehead atoms. The number of aromatic nitrogens is 1. The van der Waals surface area contributed by atoms with Crippen LogP contribution < -0.4 is 14.9 Å². The van der Waals surface area contributed by atoms with Crippen LogP contribution in [-0.2, 0) is 9.53 Å². The molecule has 5 aromatic rings. The Morgan fingerprint density at radius 2 is 1.86 bits per heavy atom. The number of fused-ring (bicyclic) bond motifs is 1. The summed E-state index contributed by atoms with van der Waals surface area (Å²) in [5, 5.41) is 0. The van der Waals surface area contributed by atoms with Gasteiger partial charge in [0, 0.05) is 21.7 Å². The van der Waals surface area contributed by atoms with Crippen molar-refractivity contribution < 1.29 is 18.3 Å². The van der Waals surface area contributed by atoms with Crippen LogP contribution in [0.1, 0.15) is 35.4 Å². The first kappa shape index (κ1) is 27.8. The first-order chi connectivity index (χ1) is 20.3. The van der Waals surface area contributed by atoms with Gasteiger partial charge in [-0.05, 0) is 61.4 Å². The van der Waals surface area contributed by atoms with Crippen LogP contribution in [-0.4, -0.2) is 17.1 Å². The molecular weight excluding hydrogens is 619 g/mol. The Morgan fingerprint density at radius 3 is 2.57 bits per heavy atom. The molecule has 42 heavy (non-hydrogen) atoms. The van der Waals surface area contributed by atoms with Crippen LogP contribution in [0, 0.1) is 12.7 Å². The lowest BCUT2D eigenvalue weighted by Crippen LogP contribution is -2.40. The molecule has 0 spiro atoms. The van der Waals surface area contributed by atoms with Crippen LogP contribution in [0.25, 0.3) is 23.1 Å². The van der Waals surface area contributed by atoms with Crippen molar-refractivity contribution in [2.45, 2.75) is 19.9 Å². The van der Waals surface area contributed by atoms with E-state index in [1.54, 1.807) is 31.2 Å². The highest BCUT2D eigenvalue weighted by Gasteiger charge is 2.35. The van der Waals surface area contributed by atoms with Gasteiger partial charge < -0.3 is 9.15 Å². The van der Waals surface area contributed by atoms with Gasteiger partial charge in [0.05, 0.1) is 28.5 Å². The summed E-state index contributed by atoms with van der Waals surface area (Å²) >= 11 is 4.79. The SMILES string of the molecule is CCOC(=O)C1=C(c2ccccc2)N=c2s/c(=C\c3ccc(-c4ccc(C)cc4Br)o3)c(=O)n2C1c1ccc(F)cc1. The van der Waals surface area contributed by atoms with E-state index in [0.29, 0.717) is 37.7 Å². The van der Waals surface area contributed by atoms with Gasteiger partial charge in [-0.3, -0.25) is 9.36 Å². The summed E-state index contributed by atoms with van der Waals surface area (Å²) in [4.78, 5) is 32.7. The van der Waals surface area contributed by atoms with E-state index in [9.17, 15) is 14.0 Å². The number of halogens is 2. The molecule has 0 saturated heterocycles. The average Bonchev–Trinajstić information content (AvgIpc) is 3.57. The first-order valence-corrected chi connectivity index (χ1v) is 14.9. The van der Waals surface area contributed by atoms with Gasteiger partial charge in [0.25, 0.3) is 5.56 Å². The van der Waals surface area contributed by atoms with Crippen LogP contribution in [0.5, 0.6) is 0 Å². The fourth-order valence-electron chi connectivity index (χ4n) is 4.93. The van der Waals surface area contributed by atoms with Gasteiger partial charge in [-0.1, -0.05) is 75.8 Å². The maximum atomic E-state index is 14.0. The largest absolute Gasteiger partial charge is 0.463 e. The zero-order chi connectivity index (χ0) is 29.4. The summed E-state index contributed by atoms with van der Waals surface area (Å²) < 4.78 is 28.3. The third-order valence-electron chi connectivity index (χ3n) is 6.85. The number of ether oxygens (including phenoxy) is 1. The molecule has 1 aliphatic heterocycles. The second-order valence-corrected chi connectivity index (χ2v) is 11.5. The number of nitrogens with zero attached hydrogens (tertiary/aromatic N) is 2. The smallest absolute Gasteiger partial charge is 0.338 e. The zero-order valence-corrected chi connectivity index (χ0v) is 25.0. The highest BCUT2D eigenvalue weighted by Crippen LogP contribution is 2.35. The van der Waals surface area contributed by atoms with Crippen LogP contribution in [0.15, 0.2) is 109 Å². The number of carbonyl (C=O) groups is 1. The molecule has 3 heterocycles. The van der Waals surface area contributed by atoms with Crippen molar-refractivity contribution in [3.05, 3.63) is 143 Å². The van der Waals surface area contributed by atoms with Crippen molar-refractivity contribution in [1.29, 1.82) is 0 Å². The number of esters is 1. The summed E-state index contributed by atoms with van der Waals surface area (Å²) in [5.41, 5.74) is 3.52. The van der Waals surface area contributed by atoms with Gasteiger partial charge in [0.1, 0.15) is 17.3 Å². The molecule has 210 valence electrons. The standard InChI is InChI=1S/C33H24BrFN2O4S/c1-3-40-32(39)28-29(20-7-5-4-6-8-20)36-33-37(30(28)21-10-12-22(35)13-11-21)31(38)27(42-33)18-23-14-16-26(41-23)24-15-9-19(2)17-25(24)34/h4-18,30H,3H2,1-2H3/b27-18-. The van der Waals surface area contributed by atoms with Crippen LogP contribution >= 0.6 is 27.3 Å². The molecule has 0 saturated carbocycles. The lowest BCUT2D eigenvalue weighted by atomic mass is 9.93. The molecule has 6 nitrogen and oxygen atoms in total. The summed E-state index contributed by atoms with van der Waals surface area (Å²) in [5.74, 6) is 0.128. The second-order valence-electron chi connectivity index (χ2n) is 9.67. The molecule has 1 atom stereocenters. The van der Waals surface area contributed by atoms with E-state index in [1.165, 1.54) is 28.0 Å². The highest BCUT2D eigenvalue weighted by atomic mass is 79.9. The van der Waals surface area contributed by atoms with Gasteiger partial charge in [-0.15, -0.1) is 0 Å². The molecule has 0 fully saturated rings. The van der Waals surface area contributed by atoms with Gasteiger partial charge in [-0.2, -0.15) is 0 Å². The van der Waals surface area contributed by atoms with E-state index in [1.807, 2.05) is 61.5 Å². The second kappa shape index (κ2) is 11.5. The Labute approximate surface area is 252 Å². The van der Waals surface area contributed by atoms with Crippen molar-refractivity contribution in [3.8, 4) is 11.3 Å². The molecule has 0 aliphatic carbocycles. The molecule has 2 aromatic heterocycles. The van der Waals surface area contributed by atoms with E-state index < -0.39 is 17.8 Å². The molecular formula is C33H24BrFN2O4S. The summed E-state index contributed by atoms with van der Waals surface area (Å²) in [6.45, 7) is 3.87. The number of hydrogen-bond donors (Lipinski definition) is 0. The van der Waals surface area contributed by atoms with Crippen molar-refractivity contribution in [2.24, 2.45) is 4.99 Å².